The third-order valence-corrected chi connectivity index (χ3v) is 5.11. The monoisotopic (exact) mass is 366 g/mol. The lowest BCUT2D eigenvalue weighted by molar-refractivity contribution is 0.463. The van der Waals surface area contributed by atoms with E-state index in [2.05, 4.69) is 59.6 Å². The predicted octanol–water partition coefficient (Wildman–Crippen LogP) is 6.21. The topological polar surface area (TPSA) is 20.2 Å². The maximum absolute atomic E-state index is 10.8. The van der Waals surface area contributed by atoms with E-state index in [1.807, 2.05) is 6.92 Å². The first-order valence-corrected chi connectivity index (χ1v) is 10.2. The van der Waals surface area contributed by atoms with Crippen LogP contribution in [-0.4, -0.2) is 5.11 Å². The minimum Gasteiger partial charge on any atom is -0.507 e. The van der Waals surface area contributed by atoms with Gasteiger partial charge in [0.2, 0.25) is 0 Å². The molecule has 0 radical (unpaired) electrons. The zero-order chi connectivity index (χ0) is 20.6. The Morgan fingerprint density at radius 2 is 1.63 bits per heavy atom. The molecule has 1 aromatic rings. The summed E-state index contributed by atoms with van der Waals surface area (Å²) in [5.41, 5.74) is 6.79. The van der Waals surface area contributed by atoms with Crippen molar-refractivity contribution >= 4 is 18.7 Å². The van der Waals surface area contributed by atoms with E-state index in [1.54, 1.807) is 0 Å². The van der Waals surface area contributed by atoms with Crippen LogP contribution in [0, 0.1) is 0 Å². The van der Waals surface area contributed by atoms with Gasteiger partial charge >= 0.3 is 0 Å². The van der Waals surface area contributed by atoms with Crippen LogP contribution in [0.3, 0.4) is 0 Å². The number of benzene rings is 1. The van der Waals surface area contributed by atoms with Crippen LogP contribution < -0.4 is 10.4 Å². The fourth-order valence-electron chi connectivity index (χ4n) is 3.48. The standard InChI is InChI=1S/C26H38O/c1-9-10-11-15-23-22(8)26(27)24(21(7)25(23)19(4)5)17-16-20(6)14-12-13-18(2)3/h13,16,27H,4,7-12,14-15,17H2,1-3,5-6H3/b20-16+. The van der Waals surface area contributed by atoms with Crippen LogP contribution in [0.5, 0.6) is 5.75 Å². The lowest BCUT2D eigenvalue weighted by Gasteiger charge is -2.16. The first-order valence-electron chi connectivity index (χ1n) is 10.2. The number of phenolic OH excluding ortho intramolecular Hbond substituents is 1. The molecule has 0 fully saturated rings. The second-order valence-electron chi connectivity index (χ2n) is 7.95. The molecule has 0 aromatic heterocycles. The van der Waals surface area contributed by atoms with E-state index >= 15 is 0 Å². The first kappa shape index (κ1) is 23.0. The maximum atomic E-state index is 10.8. The van der Waals surface area contributed by atoms with Gasteiger partial charge in [-0.1, -0.05) is 68.4 Å². The van der Waals surface area contributed by atoms with Gasteiger partial charge in [-0.25, -0.2) is 0 Å². The molecule has 1 N–H and O–H groups in total. The fraction of sp³-hybridized carbons (Fsp3) is 0.462. The average Bonchev–Trinajstić information content (AvgIpc) is 2.58. The summed E-state index contributed by atoms with van der Waals surface area (Å²) in [7, 11) is 0. The van der Waals surface area contributed by atoms with Crippen molar-refractivity contribution in [2.45, 2.75) is 79.6 Å². The summed E-state index contributed by atoms with van der Waals surface area (Å²) in [5, 5.41) is 12.5. The Morgan fingerprint density at radius 3 is 2.19 bits per heavy atom. The van der Waals surface area contributed by atoms with E-state index in [1.165, 1.54) is 24.0 Å². The molecule has 0 aliphatic rings. The molecule has 0 saturated heterocycles. The van der Waals surface area contributed by atoms with Gasteiger partial charge in [-0.3, -0.25) is 0 Å². The first-order chi connectivity index (χ1) is 12.7. The largest absolute Gasteiger partial charge is 0.507 e. The van der Waals surface area contributed by atoms with Crippen LogP contribution in [0.4, 0.5) is 0 Å². The van der Waals surface area contributed by atoms with Gasteiger partial charge in [-0.2, -0.15) is 0 Å². The number of allylic oxidation sites excluding steroid dienone is 5. The number of phenols is 1. The molecule has 0 bridgehead atoms. The van der Waals surface area contributed by atoms with Gasteiger partial charge < -0.3 is 5.11 Å². The van der Waals surface area contributed by atoms with Gasteiger partial charge in [0, 0.05) is 10.8 Å². The van der Waals surface area contributed by atoms with Crippen molar-refractivity contribution in [2.24, 2.45) is 0 Å². The van der Waals surface area contributed by atoms with Crippen LogP contribution >= 0.6 is 0 Å². The van der Waals surface area contributed by atoms with Crippen LogP contribution in [-0.2, 0) is 12.8 Å². The second-order valence-corrected chi connectivity index (χ2v) is 7.95. The molecule has 0 heterocycles. The quantitative estimate of drug-likeness (QED) is 0.385. The van der Waals surface area contributed by atoms with E-state index in [0.29, 0.717) is 12.2 Å². The second kappa shape index (κ2) is 11.0. The minimum atomic E-state index is 0.310. The van der Waals surface area contributed by atoms with Crippen LogP contribution in [0.15, 0.2) is 29.9 Å². The normalized spacial score (nSPS) is 11.5. The van der Waals surface area contributed by atoms with E-state index in [-0.39, 0.29) is 0 Å². The molecular weight excluding hydrogens is 328 g/mol. The minimum absolute atomic E-state index is 0.310. The smallest absolute Gasteiger partial charge is 0.126 e. The Kier molecular flexibility index (Phi) is 9.35. The van der Waals surface area contributed by atoms with Crippen LogP contribution in [0.2, 0.25) is 0 Å². The highest BCUT2D eigenvalue weighted by Gasteiger charge is 2.14. The van der Waals surface area contributed by atoms with E-state index < -0.39 is 0 Å². The molecule has 1 nitrogen and oxygen atoms in total. The molecule has 0 atom stereocenters. The lowest BCUT2D eigenvalue weighted by Crippen LogP contribution is -2.24. The van der Waals surface area contributed by atoms with Gasteiger partial charge in [0.25, 0.3) is 0 Å². The Balaban J connectivity index is 3.22. The number of hydrogen-bond acceptors (Lipinski definition) is 1. The molecular formula is C26H38O. The van der Waals surface area contributed by atoms with Crippen molar-refractivity contribution in [3.63, 3.8) is 0 Å². The molecule has 0 spiro atoms. The SMILES string of the molecule is C=C(C)c1c(CCCCC)c(=C)c(O)c(C/C=C(\C)CCC=C(C)C)c1=C. The van der Waals surface area contributed by atoms with Crippen LogP contribution in [0.1, 0.15) is 83.4 Å². The summed E-state index contributed by atoms with van der Waals surface area (Å²) >= 11 is 0. The van der Waals surface area contributed by atoms with Crippen molar-refractivity contribution in [1.82, 2.24) is 0 Å². The number of unbranched alkanes of at least 4 members (excludes halogenated alkanes) is 2. The van der Waals surface area contributed by atoms with Gasteiger partial charge in [0.1, 0.15) is 5.75 Å². The van der Waals surface area contributed by atoms with E-state index in [9.17, 15) is 5.11 Å². The van der Waals surface area contributed by atoms with E-state index in [4.69, 9.17) is 0 Å². The summed E-state index contributed by atoms with van der Waals surface area (Å²) < 4.78 is 0. The van der Waals surface area contributed by atoms with Gasteiger partial charge in [-0.15, -0.1) is 0 Å². The Hall–Kier alpha value is -2.02. The zero-order valence-corrected chi connectivity index (χ0v) is 18.2. The molecule has 0 unspecified atom stereocenters. The Bertz CT molecular complexity index is 817. The van der Waals surface area contributed by atoms with Crippen molar-refractivity contribution in [2.75, 3.05) is 0 Å². The molecule has 148 valence electrons. The third kappa shape index (κ3) is 6.57. The third-order valence-electron chi connectivity index (χ3n) is 5.11. The Labute approximate surface area is 166 Å². The van der Waals surface area contributed by atoms with Crippen LogP contribution in [0.25, 0.3) is 18.7 Å². The summed E-state index contributed by atoms with van der Waals surface area (Å²) in [6.07, 6.45) is 11.6. The number of aromatic hydroxyl groups is 1. The molecule has 1 heteroatoms. The van der Waals surface area contributed by atoms with Crippen molar-refractivity contribution in [3.8, 4) is 5.75 Å². The maximum Gasteiger partial charge on any atom is 0.126 e. The molecule has 0 saturated carbocycles. The highest BCUT2D eigenvalue weighted by molar-refractivity contribution is 5.68. The van der Waals surface area contributed by atoms with E-state index in [0.717, 1.165) is 58.4 Å². The summed E-state index contributed by atoms with van der Waals surface area (Å²) in [5.74, 6) is 0.310. The summed E-state index contributed by atoms with van der Waals surface area (Å²) in [6, 6.07) is 0. The lowest BCUT2D eigenvalue weighted by atomic mass is 9.89. The van der Waals surface area contributed by atoms with Gasteiger partial charge in [-0.05, 0) is 76.1 Å². The molecule has 27 heavy (non-hydrogen) atoms. The molecule has 1 aromatic carbocycles. The fourth-order valence-corrected chi connectivity index (χ4v) is 3.48. The van der Waals surface area contributed by atoms with Gasteiger partial charge in [0.05, 0.1) is 0 Å². The molecule has 0 aliphatic heterocycles. The molecule has 0 amide bonds. The van der Waals surface area contributed by atoms with Gasteiger partial charge in [0.15, 0.2) is 0 Å². The number of hydrogen-bond donors (Lipinski definition) is 1. The summed E-state index contributed by atoms with van der Waals surface area (Å²) in [6.45, 7) is 23.3. The van der Waals surface area contributed by atoms with Crippen molar-refractivity contribution in [3.05, 3.63) is 57.0 Å². The highest BCUT2D eigenvalue weighted by atomic mass is 16.3. The molecule has 0 aliphatic carbocycles. The van der Waals surface area contributed by atoms with Crippen molar-refractivity contribution in [1.29, 1.82) is 0 Å². The molecule has 1 rings (SSSR count). The zero-order valence-electron chi connectivity index (χ0n) is 18.2. The number of rotatable bonds is 10. The highest BCUT2D eigenvalue weighted by Crippen LogP contribution is 2.20. The van der Waals surface area contributed by atoms with Crippen molar-refractivity contribution < 1.29 is 5.11 Å². The Morgan fingerprint density at radius 1 is 0.963 bits per heavy atom. The average molecular weight is 367 g/mol. The predicted molar refractivity (Wildman–Crippen MR) is 122 cm³/mol. The summed E-state index contributed by atoms with van der Waals surface area (Å²) in [4.78, 5) is 0.